The second-order valence-electron chi connectivity index (χ2n) is 15.7. The molecule has 9 nitrogen and oxygen atoms in total. The standard InChI is InChI=1S/C40H53N5O4/c1-27(2)45-25-31(24-42-45)30-14-21-41-36(23-30)44(37(46)29-8-11-33(12-9-29)43-38(47)49-34-6-5-7-34)26-39-15-18-40(19-16-39,20-17-39)32-10-13-35(48-4)28(3)22-32/h10,13-14,21-25,27,29,33-34H,5-9,11-12,15-20,26H2,1-4H3,(H,43,47). The fourth-order valence-corrected chi connectivity index (χ4v) is 8.81. The van der Waals surface area contributed by atoms with Gasteiger partial charge in [-0.1, -0.05) is 12.1 Å². The van der Waals surface area contributed by atoms with Gasteiger partial charge in [-0.3, -0.25) is 14.4 Å². The van der Waals surface area contributed by atoms with Crippen LogP contribution in [0.1, 0.15) is 114 Å². The Morgan fingerprint density at radius 3 is 2.33 bits per heavy atom. The number of carbonyl (C=O) groups is 2. The highest BCUT2D eigenvalue weighted by Gasteiger charge is 2.51. The molecule has 5 saturated carbocycles. The van der Waals surface area contributed by atoms with Gasteiger partial charge in [0.25, 0.3) is 0 Å². The van der Waals surface area contributed by atoms with Gasteiger partial charge in [-0.05, 0) is 150 Å². The van der Waals surface area contributed by atoms with Crippen LogP contribution in [0.5, 0.6) is 5.75 Å². The Morgan fingerprint density at radius 1 is 0.980 bits per heavy atom. The van der Waals surface area contributed by atoms with E-state index in [0.717, 1.165) is 106 Å². The number of anilines is 1. The number of aryl methyl sites for hydroxylation is 1. The third kappa shape index (κ3) is 6.95. The molecule has 262 valence electrons. The van der Waals surface area contributed by atoms with Crippen molar-refractivity contribution >= 4 is 17.8 Å². The molecule has 3 aromatic rings. The second kappa shape index (κ2) is 13.8. The van der Waals surface area contributed by atoms with Gasteiger partial charge in [-0.25, -0.2) is 9.78 Å². The summed E-state index contributed by atoms with van der Waals surface area (Å²) < 4.78 is 13.1. The maximum absolute atomic E-state index is 14.6. The molecule has 49 heavy (non-hydrogen) atoms. The summed E-state index contributed by atoms with van der Waals surface area (Å²) in [7, 11) is 1.74. The van der Waals surface area contributed by atoms with Gasteiger partial charge in [0.1, 0.15) is 17.7 Å². The van der Waals surface area contributed by atoms with Crippen LogP contribution in [0.25, 0.3) is 11.1 Å². The molecule has 2 aromatic heterocycles. The second-order valence-corrected chi connectivity index (χ2v) is 15.7. The summed E-state index contributed by atoms with van der Waals surface area (Å²) in [4.78, 5) is 33.9. The van der Waals surface area contributed by atoms with Crippen molar-refractivity contribution in [3.63, 3.8) is 0 Å². The molecule has 2 bridgehead atoms. The lowest BCUT2D eigenvalue weighted by molar-refractivity contribution is -0.124. The van der Waals surface area contributed by atoms with Gasteiger partial charge in [0.2, 0.25) is 5.91 Å². The molecule has 8 rings (SSSR count). The van der Waals surface area contributed by atoms with Crippen LogP contribution in [0.3, 0.4) is 0 Å². The monoisotopic (exact) mass is 667 g/mol. The number of ether oxygens (including phenoxy) is 2. The summed E-state index contributed by atoms with van der Waals surface area (Å²) in [6, 6.07) is 11.1. The van der Waals surface area contributed by atoms with Crippen LogP contribution in [0.15, 0.2) is 48.9 Å². The number of nitrogens with zero attached hydrogens (tertiary/aromatic N) is 4. The van der Waals surface area contributed by atoms with Gasteiger partial charge in [-0.15, -0.1) is 0 Å². The van der Waals surface area contributed by atoms with Crippen molar-refractivity contribution in [2.24, 2.45) is 11.3 Å². The van der Waals surface area contributed by atoms with Crippen LogP contribution in [0, 0.1) is 18.3 Å². The molecule has 0 saturated heterocycles. The number of pyridine rings is 1. The Hall–Kier alpha value is -3.88. The molecule has 0 atom stereocenters. The first-order chi connectivity index (χ1) is 23.7. The first kappa shape index (κ1) is 33.6. The number of hydrogen-bond donors (Lipinski definition) is 1. The fourth-order valence-electron chi connectivity index (χ4n) is 8.81. The van der Waals surface area contributed by atoms with Crippen LogP contribution in [0.4, 0.5) is 10.6 Å². The lowest BCUT2D eigenvalue weighted by Crippen LogP contribution is -2.52. The van der Waals surface area contributed by atoms with E-state index < -0.39 is 0 Å². The van der Waals surface area contributed by atoms with Crippen molar-refractivity contribution < 1.29 is 19.1 Å². The Bertz CT molecular complexity index is 1630. The average molecular weight is 668 g/mol. The lowest BCUT2D eigenvalue weighted by Gasteiger charge is -2.55. The minimum Gasteiger partial charge on any atom is -0.496 e. The number of nitrogens with one attached hydrogen (secondary N) is 1. The van der Waals surface area contributed by atoms with Crippen molar-refractivity contribution in [3.8, 4) is 16.9 Å². The molecule has 5 aliphatic rings. The molecule has 9 heteroatoms. The number of aromatic nitrogens is 3. The topological polar surface area (TPSA) is 98.6 Å². The van der Waals surface area contributed by atoms with Gasteiger partial charge in [0.15, 0.2) is 0 Å². The predicted octanol–water partition coefficient (Wildman–Crippen LogP) is 8.31. The predicted molar refractivity (Wildman–Crippen MR) is 191 cm³/mol. The number of fused-ring (bicyclic) bond motifs is 3. The smallest absolute Gasteiger partial charge is 0.407 e. The molecular weight excluding hydrogens is 614 g/mol. The first-order valence-corrected chi connectivity index (χ1v) is 18.6. The van der Waals surface area contributed by atoms with E-state index in [-0.39, 0.29) is 46.9 Å². The zero-order valence-corrected chi connectivity index (χ0v) is 29.7. The molecule has 0 radical (unpaired) electrons. The normalized spacial score (nSPS) is 26.6. The fraction of sp³-hybridized carbons (Fsp3) is 0.600. The highest BCUT2D eigenvalue weighted by atomic mass is 16.6. The van der Waals surface area contributed by atoms with Gasteiger partial charge in [0.05, 0.1) is 13.3 Å². The molecule has 0 spiro atoms. The van der Waals surface area contributed by atoms with Crippen molar-refractivity contribution in [1.82, 2.24) is 20.1 Å². The van der Waals surface area contributed by atoms with E-state index in [1.807, 2.05) is 28.0 Å². The number of carbonyl (C=O) groups excluding carboxylic acids is 2. The van der Waals surface area contributed by atoms with E-state index in [2.05, 4.69) is 61.6 Å². The highest BCUT2D eigenvalue weighted by molar-refractivity contribution is 5.95. The van der Waals surface area contributed by atoms with Crippen molar-refractivity contribution in [2.45, 2.75) is 128 Å². The van der Waals surface area contributed by atoms with E-state index in [9.17, 15) is 9.59 Å². The van der Waals surface area contributed by atoms with Crippen molar-refractivity contribution in [2.75, 3.05) is 18.6 Å². The van der Waals surface area contributed by atoms with Crippen LogP contribution in [0.2, 0.25) is 0 Å². The molecule has 5 aliphatic carbocycles. The minimum atomic E-state index is -0.308. The van der Waals surface area contributed by atoms with Crippen LogP contribution in [-0.4, -0.2) is 52.6 Å². The Labute approximate surface area is 291 Å². The van der Waals surface area contributed by atoms with E-state index in [1.54, 1.807) is 7.11 Å². The van der Waals surface area contributed by atoms with E-state index >= 15 is 0 Å². The zero-order chi connectivity index (χ0) is 34.2. The van der Waals surface area contributed by atoms with Gasteiger partial charge in [-0.2, -0.15) is 5.10 Å². The van der Waals surface area contributed by atoms with Crippen molar-refractivity contribution in [3.05, 3.63) is 60.0 Å². The highest BCUT2D eigenvalue weighted by Crippen LogP contribution is 2.58. The summed E-state index contributed by atoms with van der Waals surface area (Å²) in [6.45, 7) is 7.07. The van der Waals surface area contributed by atoms with Crippen LogP contribution < -0.4 is 15.0 Å². The van der Waals surface area contributed by atoms with Gasteiger partial charge >= 0.3 is 6.09 Å². The van der Waals surface area contributed by atoms with Crippen LogP contribution in [-0.2, 0) is 14.9 Å². The van der Waals surface area contributed by atoms with Crippen LogP contribution >= 0.6 is 0 Å². The first-order valence-electron chi connectivity index (χ1n) is 18.6. The van der Waals surface area contributed by atoms with E-state index in [1.165, 1.54) is 11.1 Å². The summed E-state index contributed by atoms with van der Waals surface area (Å²) in [6.07, 6.45) is 18.4. The van der Waals surface area contributed by atoms with Gasteiger partial charge in [0, 0.05) is 42.5 Å². The SMILES string of the molecule is COc1ccc(C23CCC(CN(C(=O)C4CCC(NC(=O)OC5CCC5)CC4)c4cc(-c5cnn(C(C)C)c5)ccn4)(CC2)CC3)cc1C. The maximum Gasteiger partial charge on any atom is 0.407 e. The summed E-state index contributed by atoms with van der Waals surface area (Å²) in [5, 5.41) is 7.64. The number of amides is 2. The molecule has 1 N–H and O–H groups in total. The number of hydrogen-bond acceptors (Lipinski definition) is 6. The van der Waals surface area contributed by atoms with E-state index in [0.29, 0.717) is 6.54 Å². The molecular formula is C40H53N5O4. The third-order valence-electron chi connectivity index (χ3n) is 12.4. The zero-order valence-electron chi connectivity index (χ0n) is 29.7. The quantitative estimate of drug-likeness (QED) is 0.234. The maximum atomic E-state index is 14.6. The molecule has 2 amide bonds. The van der Waals surface area contributed by atoms with Gasteiger partial charge < -0.3 is 14.8 Å². The minimum absolute atomic E-state index is 0.0500. The molecule has 0 unspecified atom stereocenters. The third-order valence-corrected chi connectivity index (χ3v) is 12.4. The molecule has 2 heterocycles. The summed E-state index contributed by atoms with van der Waals surface area (Å²) in [5.74, 6) is 1.74. The number of rotatable bonds is 10. The van der Waals surface area contributed by atoms with Crippen molar-refractivity contribution in [1.29, 1.82) is 0 Å². The largest absolute Gasteiger partial charge is 0.496 e. The van der Waals surface area contributed by atoms with E-state index in [4.69, 9.17) is 14.5 Å². The Balaban J connectivity index is 1.09. The Morgan fingerprint density at radius 2 is 1.71 bits per heavy atom. The lowest BCUT2D eigenvalue weighted by atomic mass is 9.51. The molecule has 5 fully saturated rings. The molecule has 0 aliphatic heterocycles. The average Bonchev–Trinajstić information content (AvgIpc) is 3.61. The molecule has 1 aromatic carbocycles. The number of alkyl carbamates (subject to hydrolysis) is 1. The Kier molecular flexibility index (Phi) is 9.46. The number of benzene rings is 1. The number of methoxy groups -OCH3 is 1. The summed E-state index contributed by atoms with van der Waals surface area (Å²) >= 11 is 0. The summed E-state index contributed by atoms with van der Waals surface area (Å²) in [5.41, 5.74) is 4.95.